The van der Waals surface area contributed by atoms with Crippen LogP contribution in [-0.2, 0) is 4.74 Å². The van der Waals surface area contributed by atoms with Crippen LogP contribution in [0.5, 0.6) is 0 Å². The molecule has 3 heteroatoms. The van der Waals surface area contributed by atoms with Crippen molar-refractivity contribution in [3.05, 3.63) is 12.3 Å². The first-order valence-corrected chi connectivity index (χ1v) is 2.45. The fraction of sp³-hybridized carbons (Fsp3) is 0.600. The summed E-state index contributed by atoms with van der Waals surface area (Å²) in [4.78, 5) is 0. The predicted molar refractivity (Wildman–Crippen MR) is 27.1 cm³/mol. The van der Waals surface area contributed by atoms with E-state index in [-0.39, 0.29) is 6.61 Å². The first kappa shape index (κ1) is 5.59. The zero-order valence-electron chi connectivity index (χ0n) is 4.32. The molecule has 0 spiro atoms. The monoisotopic (exact) mass is 116 g/mol. The Balaban J connectivity index is 2.47. The van der Waals surface area contributed by atoms with Crippen LogP contribution >= 0.6 is 0 Å². The lowest BCUT2D eigenvalue weighted by molar-refractivity contribution is -0.0108. The van der Waals surface area contributed by atoms with Crippen LogP contribution in [0.25, 0.3) is 0 Å². The molecule has 2 N–H and O–H groups in total. The van der Waals surface area contributed by atoms with Crippen LogP contribution in [0.1, 0.15) is 0 Å². The van der Waals surface area contributed by atoms with Crippen molar-refractivity contribution >= 4 is 0 Å². The van der Waals surface area contributed by atoms with Crippen LogP contribution in [0.3, 0.4) is 0 Å². The topological polar surface area (TPSA) is 49.7 Å². The summed E-state index contributed by atoms with van der Waals surface area (Å²) in [6, 6.07) is 0. The van der Waals surface area contributed by atoms with Crippen molar-refractivity contribution in [2.75, 3.05) is 6.61 Å². The predicted octanol–water partition coefficient (Wildman–Crippen LogP) is -0.748. The first-order chi connectivity index (χ1) is 3.80. The second kappa shape index (κ2) is 2.15. The van der Waals surface area contributed by atoms with Gasteiger partial charge in [0.15, 0.2) is 0 Å². The maximum absolute atomic E-state index is 8.76. The van der Waals surface area contributed by atoms with Crippen molar-refractivity contribution in [3.63, 3.8) is 0 Å². The van der Waals surface area contributed by atoms with Crippen LogP contribution in [0.2, 0.25) is 0 Å². The summed E-state index contributed by atoms with van der Waals surface area (Å²) in [7, 11) is 0. The standard InChI is InChI=1S/C5H8O3/c6-4-1-2-8-3-5(4)7/h1-2,4-7H,3H2/t4?,5-/m0/s1. The Bertz CT molecular complexity index is 99.8. The number of aliphatic hydroxyl groups excluding tert-OH is 2. The van der Waals surface area contributed by atoms with Crippen LogP contribution in [-0.4, -0.2) is 29.0 Å². The summed E-state index contributed by atoms with van der Waals surface area (Å²) in [5, 5.41) is 17.5. The molecule has 0 aromatic heterocycles. The third-order valence-electron chi connectivity index (χ3n) is 1.03. The molecule has 0 aromatic rings. The highest BCUT2D eigenvalue weighted by atomic mass is 16.5. The number of hydrogen-bond donors (Lipinski definition) is 2. The number of ether oxygens (including phenoxy) is 1. The quantitative estimate of drug-likeness (QED) is 0.438. The van der Waals surface area contributed by atoms with Crippen LogP contribution in [0.15, 0.2) is 12.3 Å². The van der Waals surface area contributed by atoms with Gasteiger partial charge in [0.25, 0.3) is 0 Å². The molecule has 0 aliphatic carbocycles. The highest BCUT2D eigenvalue weighted by molar-refractivity contribution is 4.91. The molecule has 1 aliphatic heterocycles. The Labute approximate surface area is 47.2 Å². The van der Waals surface area contributed by atoms with Crippen molar-refractivity contribution in [1.82, 2.24) is 0 Å². The van der Waals surface area contributed by atoms with E-state index in [9.17, 15) is 0 Å². The van der Waals surface area contributed by atoms with Gasteiger partial charge in [0.1, 0.15) is 18.8 Å². The van der Waals surface area contributed by atoms with Gasteiger partial charge in [-0.2, -0.15) is 0 Å². The molecule has 2 atom stereocenters. The van der Waals surface area contributed by atoms with Gasteiger partial charge in [0.2, 0.25) is 0 Å². The van der Waals surface area contributed by atoms with E-state index in [4.69, 9.17) is 10.2 Å². The molecule has 8 heavy (non-hydrogen) atoms. The van der Waals surface area contributed by atoms with Gasteiger partial charge in [-0.3, -0.25) is 0 Å². The fourth-order valence-corrected chi connectivity index (χ4v) is 0.517. The molecule has 1 rings (SSSR count). The Hall–Kier alpha value is -0.540. The van der Waals surface area contributed by atoms with E-state index in [0.29, 0.717) is 0 Å². The normalized spacial score (nSPS) is 36.8. The van der Waals surface area contributed by atoms with Crippen molar-refractivity contribution in [3.8, 4) is 0 Å². The van der Waals surface area contributed by atoms with Gasteiger partial charge in [0.05, 0.1) is 6.26 Å². The molecule has 0 fully saturated rings. The van der Waals surface area contributed by atoms with Gasteiger partial charge >= 0.3 is 0 Å². The minimum absolute atomic E-state index is 0.192. The average molecular weight is 116 g/mol. The zero-order valence-corrected chi connectivity index (χ0v) is 4.32. The number of rotatable bonds is 0. The molecular formula is C5H8O3. The van der Waals surface area contributed by atoms with Crippen molar-refractivity contribution in [2.45, 2.75) is 12.2 Å². The number of hydrogen-bond acceptors (Lipinski definition) is 3. The highest BCUT2D eigenvalue weighted by Crippen LogP contribution is 2.02. The molecule has 3 nitrogen and oxygen atoms in total. The van der Waals surface area contributed by atoms with Crippen molar-refractivity contribution < 1.29 is 14.9 Å². The van der Waals surface area contributed by atoms with Gasteiger partial charge in [-0.1, -0.05) is 0 Å². The van der Waals surface area contributed by atoms with Crippen molar-refractivity contribution in [2.24, 2.45) is 0 Å². The van der Waals surface area contributed by atoms with E-state index in [1.165, 1.54) is 12.3 Å². The average Bonchev–Trinajstić information content (AvgIpc) is 1.77. The molecule has 0 bridgehead atoms. The highest BCUT2D eigenvalue weighted by Gasteiger charge is 2.15. The molecule has 46 valence electrons. The third-order valence-corrected chi connectivity index (χ3v) is 1.03. The van der Waals surface area contributed by atoms with E-state index >= 15 is 0 Å². The van der Waals surface area contributed by atoms with Gasteiger partial charge in [0, 0.05) is 0 Å². The molecule has 0 amide bonds. The second-order valence-electron chi connectivity index (χ2n) is 1.72. The van der Waals surface area contributed by atoms with Crippen LogP contribution in [0, 0.1) is 0 Å². The minimum atomic E-state index is -0.750. The molecular weight excluding hydrogens is 108 g/mol. The molecule has 1 unspecified atom stereocenters. The van der Waals surface area contributed by atoms with Crippen molar-refractivity contribution in [1.29, 1.82) is 0 Å². The molecule has 0 saturated carbocycles. The zero-order chi connectivity index (χ0) is 5.98. The summed E-state index contributed by atoms with van der Waals surface area (Å²) >= 11 is 0. The van der Waals surface area contributed by atoms with Crippen LogP contribution < -0.4 is 0 Å². The summed E-state index contributed by atoms with van der Waals surface area (Å²) in [5.41, 5.74) is 0. The minimum Gasteiger partial charge on any atom is -0.499 e. The Kier molecular flexibility index (Phi) is 1.50. The maximum Gasteiger partial charge on any atom is 0.117 e. The SMILES string of the molecule is OC1C=COC[C@@H]1O. The van der Waals surface area contributed by atoms with E-state index in [1.54, 1.807) is 0 Å². The molecule has 0 saturated heterocycles. The van der Waals surface area contributed by atoms with E-state index < -0.39 is 12.2 Å². The fourth-order valence-electron chi connectivity index (χ4n) is 0.517. The molecule has 1 heterocycles. The lowest BCUT2D eigenvalue weighted by atomic mass is 10.2. The van der Waals surface area contributed by atoms with E-state index in [0.717, 1.165) is 0 Å². The lowest BCUT2D eigenvalue weighted by Crippen LogP contribution is -2.30. The Morgan fingerprint density at radius 3 is 2.62 bits per heavy atom. The molecule has 0 aromatic carbocycles. The Morgan fingerprint density at radius 2 is 2.25 bits per heavy atom. The maximum atomic E-state index is 8.76. The summed E-state index contributed by atoms with van der Waals surface area (Å²) in [6.45, 7) is 0.192. The summed E-state index contributed by atoms with van der Waals surface area (Å²) in [6.07, 6.45) is 1.30. The number of aliphatic hydroxyl groups is 2. The lowest BCUT2D eigenvalue weighted by Gasteiger charge is -2.17. The smallest absolute Gasteiger partial charge is 0.117 e. The third kappa shape index (κ3) is 0.993. The molecule has 0 radical (unpaired) electrons. The van der Waals surface area contributed by atoms with Gasteiger partial charge in [-0.05, 0) is 6.08 Å². The second-order valence-corrected chi connectivity index (χ2v) is 1.72. The van der Waals surface area contributed by atoms with Gasteiger partial charge in [-0.15, -0.1) is 0 Å². The molecule has 1 aliphatic rings. The van der Waals surface area contributed by atoms with E-state index in [1.807, 2.05) is 0 Å². The van der Waals surface area contributed by atoms with E-state index in [2.05, 4.69) is 4.74 Å². The largest absolute Gasteiger partial charge is 0.499 e. The first-order valence-electron chi connectivity index (χ1n) is 2.45. The Morgan fingerprint density at radius 1 is 1.50 bits per heavy atom. The van der Waals surface area contributed by atoms with Crippen LogP contribution in [0.4, 0.5) is 0 Å². The van der Waals surface area contributed by atoms with Gasteiger partial charge < -0.3 is 14.9 Å². The summed E-state index contributed by atoms with van der Waals surface area (Å²) in [5.74, 6) is 0. The van der Waals surface area contributed by atoms with Gasteiger partial charge in [-0.25, -0.2) is 0 Å². The summed E-state index contributed by atoms with van der Waals surface area (Å²) < 4.78 is 4.66.